The molecule has 0 aromatic heterocycles. The molecule has 0 saturated heterocycles. The van der Waals surface area contributed by atoms with Crippen molar-refractivity contribution in [1.29, 1.82) is 0 Å². The largest absolute Gasteiger partial charge is 0.481 e. The van der Waals surface area contributed by atoms with Gasteiger partial charge in [-0.1, -0.05) is 13.0 Å². The number of aliphatic carboxylic acids is 1. The molecular formula is C14H24N2O4. The second kappa shape index (κ2) is 7.89. The molecular weight excluding hydrogens is 260 g/mol. The number of carboxylic acids is 1. The van der Waals surface area contributed by atoms with Crippen LogP contribution in [-0.4, -0.2) is 66.8 Å². The highest BCUT2D eigenvalue weighted by Gasteiger charge is 2.24. The minimum atomic E-state index is -0.878. The van der Waals surface area contributed by atoms with Gasteiger partial charge in [-0.15, -0.1) is 0 Å². The Balaban J connectivity index is 2.57. The summed E-state index contributed by atoms with van der Waals surface area (Å²) in [5.74, 6) is -1.43. The molecule has 0 aromatic rings. The molecule has 6 nitrogen and oxygen atoms in total. The molecule has 1 aliphatic rings. The maximum atomic E-state index is 12.4. The lowest BCUT2D eigenvalue weighted by atomic mass is 10.1. The fraction of sp³-hybridized carbons (Fsp3) is 0.714. The van der Waals surface area contributed by atoms with E-state index in [1.807, 2.05) is 13.0 Å². The van der Waals surface area contributed by atoms with Gasteiger partial charge in [0, 0.05) is 33.3 Å². The molecule has 1 aliphatic heterocycles. The molecule has 20 heavy (non-hydrogen) atoms. The molecule has 0 fully saturated rings. The lowest BCUT2D eigenvalue weighted by molar-refractivity contribution is -0.141. The van der Waals surface area contributed by atoms with Gasteiger partial charge in [0.15, 0.2) is 0 Å². The fourth-order valence-electron chi connectivity index (χ4n) is 2.15. The van der Waals surface area contributed by atoms with Crippen molar-refractivity contribution in [2.45, 2.75) is 20.3 Å². The van der Waals surface area contributed by atoms with E-state index in [9.17, 15) is 9.59 Å². The van der Waals surface area contributed by atoms with Crippen molar-refractivity contribution in [2.24, 2.45) is 5.92 Å². The van der Waals surface area contributed by atoms with E-state index in [0.29, 0.717) is 26.2 Å². The van der Waals surface area contributed by atoms with Gasteiger partial charge >= 0.3 is 12.0 Å². The highest BCUT2D eigenvalue weighted by atomic mass is 16.5. The van der Waals surface area contributed by atoms with E-state index in [-0.39, 0.29) is 12.6 Å². The van der Waals surface area contributed by atoms with Crippen LogP contribution in [0, 0.1) is 5.92 Å². The molecule has 0 saturated carbocycles. The fourth-order valence-corrected chi connectivity index (χ4v) is 2.15. The van der Waals surface area contributed by atoms with Gasteiger partial charge in [0.2, 0.25) is 0 Å². The average Bonchev–Trinajstić information content (AvgIpc) is 2.44. The standard InChI is InChI=1S/C14H24N2O4/c1-4-15(9-11(2)13(17)18)14(19)16-7-5-12(6-8-16)10-20-3/h5,11H,4,6-10H2,1-3H3,(H,17,18). The normalized spacial score (nSPS) is 16.6. The number of carbonyl (C=O) groups is 2. The van der Waals surface area contributed by atoms with Gasteiger partial charge in [0.1, 0.15) is 0 Å². The minimum absolute atomic E-state index is 0.0895. The maximum absolute atomic E-state index is 12.4. The number of amides is 2. The second-order valence-electron chi connectivity index (χ2n) is 5.05. The predicted molar refractivity (Wildman–Crippen MR) is 75.6 cm³/mol. The lowest BCUT2D eigenvalue weighted by Crippen LogP contribution is -2.47. The number of hydrogen-bond acceptors (Lipinski definition) is 3. The van der Waals surface area contributed by atoms with Crippen molar-refractivity contribution in [3.63, 3.8) is 0 Å². The number of methoxy groups -OCH3 is 1. The molecule has 0 radical (unpaired) electrons. The van der Waals surface area contributed by atoms with E-state index in [0.717, 1.165) is 6.42 Å². The summed E-state index contributed by atoms with van der Waals surface area (Å²) in [6.45, 7) is 6.07. The minimum Gasteiger partial charge on any atom is -0.481 e. The van der Waals surface area contributed by atoms with E-state index in [1.54, 1.807) is 23.8 Å². The molecule has 6 heteroatoms. The van der Waals surface area contributed by atoms with Crippen molar-refractivity contribution in [1.82, 2.24) is 9.80 Å². The molecule has 0 bridgehead atoms. The van der Waals surface area contributed by atoms with Gasteiger partial charge in [0.05, 0.1) is 12.5 Å². The van der Waals surface area contributed by atoms with Gasteiger partial charge in [0.25, 0.3) is 0 Å². The summed E-state index contributed by atoms with van der Waals surface area (Å²) in [5, 5.41) is 8.94. The topological polar surface area (TPSA) is 70.1 Å². The SMILES string of the molecule is CCN(CC(C)C(=O)O)C(=O)N1CC=C(COC)CC1. The van der Waals surface area contributed by atoms with Crippen molar-refractivity contribution < 1.29 is 19.4 Å². The van der Waals surface area contributed by atoms with Gasteiger partial charge in [-0.2, -0.15) is 0 Å². The van der Waals surface area contributed by atoms with Gasteiger partial charge in [-0.3, -0.25) is 4.79 Å². The Morgan fingerprint density at radius 2 is 2.25 bits per heavy atom. The first-order valence-electron chi connectivity index (χ1n) is 6.93. The average molecular weight is 284 g/mol. The Morgan fingerprint density at radius 1 is 1.55 bits per heavy atom. The summed E-state index contributed by atoms with van der Waals surface area (Å²) >= 11 is 0. The molecule has 1 unspecified atom stereocenters. The molecule has 0 spiro atoms. The molecule has 1 heterocycles. The summed E-state index contributed by atoms with van der Waals surface area (Å²) in [4.78, 5) is 26.6. The van der Waals surface area contributed by atoms with E-state index < -0.39 is 11.9 Å². The molecule has 1 rings (SSSR count). The number of urea groups is 1. The van der Waals surface area contributed by atoms with Crippen LogP contribution in [0.25, 0.3) is 0 Å². The Bertz CT molecular complexity index is 381. The zero-order chi connectivity index (χ0) is 15.1. The van der Waals surface area contributed by atoms with Crippen LogP contribution in [0.4, 0.5) is 4.79 Å². The molecule has 2 amide bonds. The Hall–Kier alpha value is -1.56. The zero-order valence-corrected chi connectivity index (χ0v) is 12.5. The summed E-state index contributed by atoms with van der Waals surface area (Å²) in [6, 6.07) is -0.0895. The smallest absolute Gasteiger partial charge is 0.320 e. The van der Waals surface area contributed by atoms with E-state index in [4.69, 9.17) is 9.84 Å². The molecule has 0 aliphatic carbocycles. The summed E-state index contributed by atoms with van der Waals surface area (Å²) in [6.07, 6.45) is 2.82. The van der Waals surface area contributed by atoms with Crippen LogP contribution in [-0.2, 0) is 9.53 Å². The third kappa shape index (κ3) is 4.52. The van der Waals surface area contributed by atoms with Crippen LogP contribution in [0.3, 0.4) is 0 Å². The summed E-state index contributed by atoms with van der Waals surface area (Å²) in [5.41, 5.74) is 1.21. The first-order valence-corrected chi connectivity index (χ1v) is 6.93. The third-order valence-electron chi connectivity index (χ3n) is 3.47. The van der Waals surface area contributed by atoms with Gasteiger partial charge in [-0.25, -0.2) is 4.79 Å². The number of carboxylic acid groups (broad SMARTS) is 1. The first-order chi connectivity index (χ1) is 9.49. The van der Waals surface area contributed by atoms with Crippen LogP contribution in [0.2, 0.25) is 0 Å². The molecule has 1 atom stereocenters. The van der Waals surface area contributed by atoms with E-state index in [2.05, 4.69) is 0 Å². The van der Waals surface area contributed by atoms with Crippen LogP contribution in [0.5, 0.6) is 0 Å². The number of ether oxygens (including phenoxy) is 1. The molecule has 0 aromatic carbocycles. The van der Waals surface area contributed by atoms with Crippen LogP contribution >= 0.6 is 0 Å². The Morgan fingerprint density at radius 3 is 2.70 bits per heavy atom. The van der Waals surface area contributed by atoms with Gasteiger partial charge < -0.3 is 19.6 Å². The van der Waals surface area contributed by atoms with E-state index >= 15 is 0 Å². The number of rotatable bonds is 6. The quantitative estimate of drug-likeness (QED) is 0.749. The number of hydrogen-bond donors (Lipinski definition) is 1. The maximum Gasteiger partial charge on any atom is 0.320 e. The van der Waals surface area contributed by atoms with Crippen LogP contribution < -0.4 is 0 Å². The zero-order valence-electron chi connectivity index (χ0n) is 12.5. The second-order valence-corrected chi connectivity index (χ2v) is 5.05. The lowest BCUT2D eigenvalue weighted by Gasteiger charge is -2.32. The number of nitrogens with zero attached hydrogens (tertiary/aromatic N) is 2. The van der Waals surface area contributed by atoms with E-state index in [1.165, 1.54) is 5.57 Å². The highest BCUT2D eigenvalue weighted by molar-refractivity contribution is 5.76. The van der Waals surface area contributed by atoms with Crippen molar-refractivity contribution in [2.75, 3.05) is 39.9 Å². The first kappa shape index (κ1) is 16.5. The number of carbonyl (C=O) groups excluding carboxylic acids is 1. The summed E-state index contributed by atoms with van der Waals surface area (Å²) in [7, 11) is 1.66. The highest BCUT2D eigenvalue weighted by Crippen LogP contribution is 2.13. The Labute approximate surface area is 120 Å². The Kier molecular flexibility index (Phi) is 6.51. The van der Waals surface area contributed by atoms with Crippen molar-refractivity contribution >= 4 is 12.0 Å². The van der Waals surface area contributed by atoms with Gasteiger partial charge in [-0.05, 0) is 18.9 Å². The van der Waals surface area contributed by atoms with Crippen LogP contribution in [0.15, 0.2) is 11.6 Å². The van der Waals surface area contributed by atoms with Crippen molar-refractivity contribution in [3.05, 3.63) is 11.6 Å². The predicted octanol–water partition coefficient (Wildman–Crippen LogP) is 1.43. The third-order valence-corrected chi connectivity index (χ3v) is 3.47. The summed E-state index contributed by atoms with van der Waals surface area (Å²) < 4.78 is 5.08. The molecule has 114 valence electrons. The monoisotopic (exact) mass is 284 g/mol. The van der Waals surface area contributed by atoms with Crippen LogP contribution in [0.1, 0.15) is 20.3 Å². The van der Waals surface area contributed by atoms with Crippen molar-refractivity contribution in [3.8, 4) is 0 Å². The molecule has 1 N–H and O–H groups in total.